The van der Waals surface area contributed by atoms with Crippen LogP contribution >= 0.6 is 0 Å². The molecule has 3 atom stereocenters. The van der Waals surface area contributed by atoms with Crippen LogP contribution in [0.1, 0.15) is 26.2 Å². The van der Waals surface area contributed by atoms with Gasteiger partial charge in [0.05, 0.1) is 11.8 Å². The molecule has 1 aliphatic carbocycles. The smallest absolute Gasteiger partial charge is 0.307 e. The lowest BCUT2D eigenvalue weighted by molar-refractivity contribution is -0.145. The van der Waals surface area contributed by atoms with E-state index in [0.29, 0.717) is 18.5 Å². The van der Waals surface area contributed by atoms with E-state index in [0.717, 1.165) is 6.42 Å². The fraction of sp³-hybridized carbons (Fsp3) is 0.500. The molecule has 3 unspecified atom stereocenters. The zero-order valence-corrected chi connectivity index (χ0v) is 12.3. The monoisotopic (exact) mass is 293 g/mol. The number of hydrogen-bond donors (Lipinski definition) is 1. The van der Waals surface area contributed by atoms with Gasteiger partial charge in [-0.05, 0) is 37.0 Å². The zero-order chi connectivity index (χ0) is 15.6. The topological polar surface area (TPSA) is 57.6 Å². The van der Waals surface area contributed by atoms with E-state index in [-0.39, 0.29) is 11.8 Å². The van der Waals surface area contributed by atoms with Crippen LogP contribution in [0.2, 0.25) is 0 Å². The molecule has 0 bridgehead atoms. The molecular weight excluding hydrogens is 273 g/mol. The third-order valence-electron chi connectivity index (χ3n) is 4.40. The molecule has 5 heteroatoms. The number of carbonyl (C=O) groups excluding carboxylic acids is 1. The number of aliphatic carboxylic acids is 1. The molecule has 21 heavy (non-hydrogen) atoms. The number of carboxylic acid groups (broad SMARTS) is 1. The second kappa shape index (κ2) is 6.24. The Morgan fingerprint density at radius 2 is 2.00 bits per heavy atom. The average molecular weight is 293 g/mol. The minimum atomic E-state index is -0.919. The van der Waals surface area contributed by atoms with Crippen molar-refractivity contribution in [2.24, 2.45) is 17.8 Å². The summed E-state index contributed by atoms with van der Waals surface area (Å²) in [6, 6.07) is 5.76. The summed E-state index contributed by atoms with van der Waals surface area (Å²) in [5.41, 5.74) is 0.448. The predicted molar refractivity (Wildman–Crippen MR) is 77.4 cm³/mol. The van der Waals surface area contributed by atoms with Crippen LogP contribution in [0, 0.1) is 23.6 Å². The van der Waals surface area contributed by atoms with Crippen molar-refractivity contribution in [1.82, 2.24) is 0 Å². The van der Waals surface area contributed by atoms with Crippen LogP contribution in [0.25, 0.3) is 0 Å². The van der Waals surface area contributed by atoms with Gasteiger partial charge in [-0.15, -0.1) is 0 Å². The van der Waals surface area contributed by atoms with Crippen LogP contribution in [0.15, 0.2) is 24.3 Å². The Balaban J connectivity index is 2.19. The van der Waals surface area contributed by atoms with Gasteiger partial charge in [-0.25, -0.2) is 4.39 Å². The van der Waals surface area contributed by atoms with Gasteiger partial charge in [-0.2, -0.15) is 0 Å². The molecule has 1 saturated carbocycles. The van der Waals surface area contributed by atoms with Crippen molar-refractivity contribution in [2.75, 3.05) is 11.9 Å². The summed E-state index contributed by atoms with van der Waals surface area (Å²) in [6.45, 7) is 2.01. The Hall–Kier alpha value is -1.91. The first-order valence-electron chi connectivity index (χ1n) is 7.20. The van der Waals surface area contributed by atoms with Gasteiger partial charge in [0.1, 0.15) is 5.82 Å². The van der Waals surface area contributed by atoms with E-state index < -0.39 is 23.6 Å². The van der Waals surface area contributed by atoms with Crippen molar-refractivity contribution < 1.29 is 19.1 Å². The summed E-state index contributed by atoms with van der Waals surface area (Å²) in [5, 5.41) is 9.31. The number of nitrogens with zero attached hydrogens (tertiary/aromatic N) is 1. The Bertz CT molecular complexity index is 546. The summed E-state index contributed by atoms with van der Waals surface area (Å²) in [4.78, 5) is 25.3. The molecule has 2 rings (SSSR count). The van der Waals surface area contributed by atoms with Crippen molar-refractivity contribution in [2.45, 2.75) is 26.2 Å². The number of amides is 1. The molecule has 114 valence electrons. The van der Waals surface area contributed by atoms with Gasteiger partial charge in [0.2, 0.25) is 5.91 Å². The van der Waals surface area contributed by atoms with E-state index in [9.17, 15) is 19.1 Å². The SMILES string of the molecule is CCC1CC(C(=O)O)C(C(=O)N(C)c2cccc(F)c2)C1. The fourth-order valence-corrected chi connectivity index (χ4v) is 3.08. The quantitative estimate of drug-likeness (QED) is 0.928. The Labute approximate surface area is 123 Å². The minimum absolute atomic E-state index is 0.246. The predicted octanol–water partition coefficient (Wildman–Crippen LogP) is 2.93. The van der Waals surface area contributed by atoms with E-state index in [2.05, 4.69) is 0 Å². The first kappa shape index (κ1) is 15.5. The molecule has 1 aromatic rings. The largest absolute Gasteiger partial charge is 0.481 e. The lowest BCUT2D eigenvalue weighted by atomic mass is 9.94. The van der Waals surface area contributed by atoms with Gasteiger partial charge >= 0.3 is 5.97 Å². The molecule has 0 aromatic heterocycles. The maximum atomic E-state index is 13.3. The van der Waals surface area contributed by atoms with E-state index >= 15 is 0 Å². The van der Waals surface area contributed by atoms with Crippen LogP contribution in [-0.2, 0) is 9.59 Å². The molecule has 0 spiro atoms. The summed E-state index contributed by atoms with van der Waals surface area (Å²) < 4.78 is 13.3. The summed E-state index contributed by atoms with van der Waals surface area (Å²) in [6.07, 6.45) is 2.00. The Morgan fingerprint density at radius 3 is 2.57 bits per heavy atom. The molecule has 1 aliphatic rings. The number of benzene rings is 1. The maximum Gasteiger partial charge on any atom is 0.307 e. The first-order chi connectivity index (χ1) is 9.93. The molecule has 0 radical (unpaired) electrons. The number of carbonyl (C=O) groups is 2. The molecular formula is C16H20FNO3. The lowest BCUT2D eigenvalue weighted by Gasteiger charge is -2.23. The zero-order valence-electron chi connectivity index (χ0n) is 12.3. The lowest BCUT2D eigenvalue weighted by Crippen LogP contribution is -2.36. The highest BCUT2D eigenvalue weighted by molar-refractivity contribution is 5.97. The van der Waals surface area contributed by atoms with Crippen molar-refractivity contribution in [1.29, 1.82) is 0 Å². The Kier molecular flexibility index (Phi) is 4.60. The summed E-state index contributed by atoms with van der Waals surface area (Å²) >= 11 is 0. The molecule has 1 N–H and O–H groups in total. The third kappa shape index (κ3) is 3.23. The second-order valence-electron chi connectivity index (χ2n) is 5.67. The van der Waals surface area contributed by atoms with Crippen LogP contribution in [0.3, 0.4) is 0 Å². The average Bonchev–Trinajstić information content (AvgIpc) is 2.90. The van der Waals surface area contributed by atoms with Gasteiger partial charge in [-0.1, -0.05) is 19.4 Å². The van der Waals surface area contributed by atoms with Crippen LogP contribution < -0.4 is 4.90 Å². The first-order valence-corrected chi connectivity index (χ1v) is 7.20. The normalized spacial score (nSPS) is 24.8. The third-order valence-corrected chi connectivity index (χ3v) is 4.40. The highest BCUT2D eigenvalue weighted by atomic mass is 19.1. The minimum Gasteiger partial charge on any atom is -0.481 e. The molecule has 4 nitrogen and oxygen atoms in total. The van der Waals surface area contributed by atoms with Crippen molar-refractivity contribution in [3.05, 3.63) is 30.1 Å². The van der Waals surface area contributed by atoms with E-state index in [1.54, 1.807) is 13.1 Å². The van der Waals surface area contributed by atoms with Gasteiger partial charge in [-0.3, -0.25) is 9.59 Å². The number of halogens is 1. The molecule has 0 aliphatic heterocycles. The maximum absolute atomic E-state index is 13.3. The standard InChI is InChI=1S/C16H20FNO3/c1-3-10-7-13(14(8-10)16(20)21)15(19)18(2)12-6-4-5-11(17)9-12/h4-6,9-10,13-14H,3,7-8H2,1-2H3,(H,20,21). The van der Waals surface area contributed by atoms with Crippen LogP contribution in [-0.4, -0.2) is 24.0 Å². The van der Waals surface area contributed by atoms with Gasteiger partial charge in [0.25, 0.3) is 0 Å². The van der Waals surface area contributed by atoms with Gasteiger partial charge in [0, 0.05) is 12.7 Å². The van der Waals surface area contributed by atoms with E-state index in [1.165, 1.54) is 23.1 Å². The Morgan fingerprint density at radius 1 is 1.33 bits per heavy atom. The van der Waals surface area contributed by atoms with Crippen molar-refractivity contribution in [3.63, 3.8) is 0 Å². The van der Waals surface area contributed by atoms with Crippen molar-refractivity contribution >= 4 is 17.6 Å². The van der Waals surface area contributed by atoms with Gasteiger partial charge < -0.3 is 10.0 Å². The fourth-order valence-electron chi connectivity index (χ4n) is 3.08. The summed E-state index contributed by atoms with van der Waals surface area (Å²) in [7, 11) is 1.56. The molecule has 1 aromatic carbocycles. The molecule has 0 heterocycles. The van der Waals surface area contributed by atoms with E-state index in [1.807, 2.05) is 6.92 Å². The van der Waals surface area contributed by atoms with Crippen LogP contribution in [0.4, 0.5) is 10.1 Å². The molecule has 0 saturated heterocycles. The highest BCUT2D eigenvalue weighted by Gasteiger charge is 2.43. The molecule has 1 fully saturated rings. The van der Waals surface area contributed by atoms with Gasteiger partial charge in [0.15, 0.2) is 0 Å². The summed E-state index contributed by atoms with van der Waals surface area (Å²) in [5.74, 6) is -2.49. The molecule has 1 amide bonds. The number of anilines is 1. The van der Waals surface area contributed by atoms with Crippen molar-refractivity contribution in [3.8, 4) is 0 Å². The van der Waals surface area contributed by atoms with E-state index in [4.69, 9.17) is 0 Å². The number of carboxylic acids is 1. The second-order valence-corrected chi connectivity index (χ2v) is 5.67. The number of rotatable bonds is 4. The van der Waals surface area contributed by atoms with Crippen LogP contribution in [0.5, 0.6) is 0 Å². The highest BCUT2D eigenvalue weighted by Crippen LogP contribution is 2.39. The number of hydrogen-bond acceptors (Lipinski definition) is 2.